The van der Waals surface area contributed by atoms with Crippen molar-refractivity contribution in [3.05, 3.63) is 35.8 Å². The lowest BCUT2D eigenvalue weighted by atomic mass is 10.3. The Morgan fingerprint density at radius 2 is 2.33 bits per heavy atom. The summed E-state index contributed by atoms with van der Waals surface area (Å²) in [5.41, 5.74) is 3.08. The number of aliphatic hydroxyl groups is 1. The van der Waals surface area contributed by atoms with Gasteiger partial charge >= 0.3 is 0 Å². The number of pyridine rings is 1. The summed E-state index contributed by atoms with van der Waals surface area (Å²) in [6.07, 6.45) is 1.52. The molecule has 0 fully saturated rings. The number of fused-ring (bicyclic) bond motifs is 1. The number of rotatable bonds is 6. The molecule has 1 unspecified atom stereocenters. The molecule has 0 amide bonds. The molecule has 2 aromatic rings. The molecule has 18 heavy (non-hydrogen) atoms. The third-order valence-corrected chi connectivity index (χ3v) is 2.86. The third-order valence-electron chi connectivity index (χ3n) is 2.86. The van der Waals surface area contributed by atoms with Crippen LogP contribution in [0.1, 0.15) is 11.4 Å². The first-order valence-corrected chi connectivity index (χ1v) is 6.02. The van der Waals surface area contributed by atoms with Crippen LogP contribution in [0.3, 0.4) is 0 Å². The maximum Gasteiger partial charge on any atom is 0.137 e. The molecule has 0 aliphatic rings. The zero-order valence-corrected chi connectivity index (χ0v) is 10.8. The van der Waals surface area contributed by atoms with E-state index in [9.17, 15) is 5.11 Å². The molecule has 0 aromatic carbocycles. The van der Waals surface area contributed by atoms with Gasteiger partial charge in [-0.2, -0.15) is 0 Å². The van der Waals surface area contributed by atoms with Crippen LogP contribution in [-0.4, -0.2) is 40.9 Å². The maximum atomic E-state index is 9.55. The fraction of sp³-hybridized carbons (Fsp3) is 0.462. The van der Waals surface area contributed by atoms with Gasteiger partial charge in [-0.15, -0.1) is 0 Å². The van der Waals surface area contributed by atoms with Crippen LogP contribution in [0.2, 0.25) is 0 Å². The molecule has 2 N–H and O–H groups in total. The van der Waals surface area contributed by atoms with Crippen LogP contribution in [0.5, 0.6) is 0 Å². The SMILES string of the molecule is COCC(O)CNCc1c(C)nc2ccccn12. The van der Waals surface area contributed by atoms with Gasteiger partial charge in [0.25, 0.3) is 0 Å². The zero-order chi connectivity index (χ0) is 13.0. The molecular formula is C13H19N3O2. The molecule has 5 nitrogen and oxygen atoms in total. The molecule has 2 rings (SSSR count). The smallest absolute Gasteiger partial charge is 0.137 e. The van der Waals surface area contributed by atoms with Crippen molar-refractivity contribution in [3.63, 3.8) is 0 Å². The van der Waals surface area contributed by atoms with E-state index >= 15 is 0 Å². The van der Waals surface area contributed by atoms with Crippen molar-refractivity contribution >= 4 is 5.65 Å². The molecule has 0 aliphatic carbocycles. The van der Waals surface area contributed by atoms with Gasteiger partial charge in [-0.05, 0) is 19.1 Å². The minimum atomic E-state index is -0.477. The zero-order valence-electron chi connectivity index (χ0n) is 10.8. The average Bonchev–Trinajstić information content (AvgIpc) is 2.66. The first-order chi connectivity index (χ1) is 8.72. The number of imidazole rings is 1. The van der Waals surface area contributed by atoms with Crippen LogP contribution >= 0.6 is 0 Å². The van der Waals surface area contributed by atoms with Crippen molar-refractivity contribution in [2.24, 2.45) is 0 Å². The summed E-state index contributed by atoms with van der Waals surface area (Å²) in [6, 6.07) is 5.94. The Hall–Kier alpha value is -1.43. The molecule has 98 valence electrons. The Morgan fingerprint density at radius 1 is 1.50 bits per heavy atom. The topological polar surface area (TPSA) is 58.8 Å². The van der Waals surface area contributed by atoms with E-state index in [1.54, 1.807) is 7.11 Å². The van der Waals surface area contributed by atoms with Gasteiger partial charge in [-0.3, -0.25) is 0 Å². The molecule has 0 saturated carbocycles. The van der Waals surface area contributed by atoms with Gasteiger partial charge in [0, 0.05) is 26.4 Å². The molecule has 0 spiro atoms. The van der Waals surface area contributed by atoms with E-state index in [-0.39, 0.29) is 0 Å². The molecule has 0 saturated heterocycles. The highest BCUT2D eigenvalue weighted by Gasteiger charge is 2.08. The fourth-order valence-corrected chi connectivity index (χ4v) is 1.99. The third kappa shape index (κ3) is 2.87. The molecule has 0 bridgehead atoms. The van der Waals surface area contributed by atoms with Crippen molar-refractivity contribution < 1.29 is 9.84 Å². The molecule has 2 heterocycles. The van der Waals surface area contributed by atoms with Crippen LogP contribution in [0.4, 0.5) is 0 Å². The number of hydrogen-bond acceptors (Lipinski definition) is 4. The van der Waals surface area contributed by atoms with Crippen LogP contribution in [0.25, 0.3) is 5.65 Å². The number of aryl methyl sites for hydroxylation is 1. The van der Waals surface area contributed by atoms with Crippen molar-refractivity contribution in [1.82, 2.24) is 14.7 Å². The first-order valence-electron chi connectivity index (χ1n) is 6.02. The Kier molecular flexibility index (Phi) is 4.30. The Bertz CT molecular complexity index is 510. The van der Waals surface area contributed by atoms with Gasteiger partial charge in [-0.1, -0.05) is 6.07 Å². The number of aliphatic hydroxyl groups excluding tert-OH is 1. The highest BCUT2D eigenvalue weighted by Crippen LogP contribution is 2.11. The summed E-state index contributed by atoms with van der Waals surface area (Å²) in [5.74, 6) is 0. The summed E-state index contributed by atoms with van der Waals surface area (Å²) in [5, 5.41) is 12.8. The number of nitrogens with one attached hydrogen (secondary N) is 1. The maximum absolute atomic E-state index is 9.55. The Morgan fingerprint density at radius 3 is 3.11 bits per heavy atom. The van der Waals surface area contributed by atoms with E-state index < -0.39 is 6.10 Å². The van der Waals surface area contributed by atoms with Gasteiger partial charge < -0.3 is 19.6 Å². The molecule has 5 heteroatoms. The fourth-order valence-electron chi connectivity index (χ4n) is 1.99. The average molecular weight is 249 g/mol. The van der Waals surface area contributed by atoms with Crippen LogP contribution < -0.4 is 5.32 Å². The summed E-state index contributed by atoms with van der Waals surface area (Å²) < 4.78 is 6.94. The second-order valence-corrected chi connectivity index (χ2v) is 4.31. The van der Waals surface area contributed by atoms with E-state index in [2.05, 4.69) is 14.7 Å². The van der Waals surface area contributed by atoms with E-state index in [4.69, 9.17) is 4.74 Å². The molecular weight excluding hydrogens is 230 g/mol. The lowest BCUT2D eigenvalue weighted by Gasteiger charge is -2.10. The van der Waals surface area contributed by atoms with Crippen LogP contribution in [-0.2, 0) is 11.3 Å². The summed E-state index contributed by atoms with van der Waals surface area (Å²) in [4.78, 5) is 4.48. The summed E-state index contributed by atoms with van der Waals surface area (Å²) in [6.45, 7) is 3.53. The second-order valence-electron chi connectivity index (χ2n) is 4.31. The van der Waals surface area contributed by atoms with E-state index in [1.807, 2.05) is 31.3 Å². The van der Waals surface area contributed by atoms with E-state index in [0.29, 0.717) is 19.7 Å². The molecule has 2 aromatic heterocycles. The van der Waals surface area contributed by atoms with Gasteiger partial charge in [0.2, 0.25) is 0 Å². The normalized spacial score (nSPS) is 13.1. The predicted molar refractivity (Wildman–Crippen MR) is 69.5 cm³/mol. The van der Waals surface area contributed by atoms with Crippen molar-refractivity contribution in [2.75, 3.05) is 20.3 Å². The minimum absolute atomic E-state index is 0.346. The molecule has 0 radical (unpaired) electrons. The van der Waals surface area contributed by atoms with Crippen LogP contribution in [0, 0.1) is 6.92 Å². The Balaban J connectivity index is 2.01. The van der Waals surface area contributed by atoms with Gasteiger partial charge in [0.15, 0.2) is 0 Å². The molecule has 0 aliphatic heterocycles. The largest absolute Gasteiger partial charge is 0.389 e. The number of hydrogen-bond donors (Lipinski definition) is 2. The van der Waals surface area contributed by atoms with Crippen molar-refractivity contribution in [1.29, 1.82) is 0 Å². The minimum Gasteiger partial charge on any atom is -0.389 e. The lowest BCUT2D eigenvalue weighted by Crippen LogP contribution is -2.30. The van der Waals surface area contributed by atoms with Crippen molar-refractivity contribution in [2.45, 2.75) is 19.6 Å². The Labute approximate surface area is 106 Å². The van der Waals surface area contributed by atoms with Gasteiger partial charge in [0.05, 0.1) is 24.1 Å². The number of ether oxygens (including phenoxy) is 1. The quantitative estimate of drug-likeness (QED) is 0.793. The summed E-state index contributed by atoms with van der Waals surface area (Å²) >= 11 is 0. The van der Waals surface area contributed by atoms with Crippen molar-refractivity contribution in [3.8, 4) is 0 Å². The van der Waals surface area contributed by atoms with Crippen LogP contribution in [0.15, 0.2) is 24.4 Å². The predicted octanol–water partition coefficient (Wildman–Crippen LogP) is 0.740. The standard InChI is InChI=1S/C13H19N3O2/c1-10-12(8-14-7-11(17)9-18-2)16-6-4-3-5-13(16)15-10/h3-6,11,14,17H,7-9H2,1-2H3. The highest BCUT2D eigenvalue weighted by atomic mass is 16.5. The number of nitrogens with zero attached hydrogens (tertiary/aromatic N) is 2. The first kappa shape index (κ1) is 13.0. The highest BCUT2D eigenvalue weighted by molar-refractivity contribution is 5.42. The number of aromatic nitrogens is 2. The van der Waals surface area contributed by atoms with Gasteiger partial charge in [0.1, 0.15) is 5.65 Å². The summed E-state index contributed by atoms with van der Waals surface area (Å²) in [7, 11) is 1.58. The van der Waals surface area contributed by atoms with Gasteiger partial charge in [-0.25, -0.2) is 4.98 Å². The monoisotopic (exact) mass is 249 g/mol. The van der Waals surface area contributed by atoms with E-state index in [1.165, 1.54) is 0 Å². The lowest BCUT2D eigenvalue weighted by molar-refractivity contribution is 0.0643. The molecule has 1 atom stereocenters. The number of methoxy groups -OCH3 is 1. The van der Waals surface area contributed by atoms with E-state index in [0.717, 1.165) is 17.0 Å². The second kappa shape index (κ2) is 5.95.